The summed E-state index contributed by atoms with van der Waals surface area (Å²) in [5, 5.41) is 26.7. The highest BCUT2D eigenvalue weighted by molar-refractivity contribution is 5.98. The van der Waals surface area contributed by atoms with E-state index >= 15 is 0 Å². The topological polar surface area (TPSA) is 196 Å². The molecular weight excluding hydrogens is 486 g/mol. The molecule has 0 spiro atoms. The Morgan fingerprint density at radius 1 is 1.16 bits per heavy atom. The van der Waals surface area contributed by atoms with Gasteiger partial charge in [0.25, 0.3) is 5.91 Å². The van der Waals surface area contributed by atoms with Crippen LogP contribution in [0.15, 0.2) is 53.5 Å². The van der Waals surface area contributed by atoms with E-state index in [-0.39, 0.29) is 41.4 Å². The fourth-order valence-corrected chi connectivity index (χ4v) is 3.98. The Kier molecular flexibility index (Phi) is 7.74. The number of nitrogens with one attached hydrogen (secondary N) is 3. The van der Waals surface area contributed by atoms with Gasteiger partial charge in [0.2, 0.25) is 5.96 Å². The molecule has 12 nitrogen and oxygen atoms in total. The highest BCUT2D eigenvalue weighted by Crippen LogP contribution is 2.42. The van der Waals surface area contributed by atoms with E-state index in [1.165, 1.54) is 7.11 Å². The van der Waals surface area contributed by atoms with Crippen molar-refractivity contribution in [2.45, 2.75) is 12.5 Å². The molecule has 7 N–H and O–H groups in total. The summed E-state index contributed by atoms with van der Waals surface area (Å²) in [5.74, 6) is 0.792. The lowest BCUT2D eigenvalue weighted by Crippen LogP contribution is -2.32. The van der Waals surface area contributed by atoms with E-state index in [1.54, 1.807) is 24.4 Å². The maximum Gasteiger partial charge on any atom is 0.257 e. The van der Waals surface area contributed by atoms with Crippen molar-refractivity contribution >= 4 is 29.2 Å². The fraction of sp³-hybridized carbons (Fsp3) is 0.192. The van der Waals surface area contributed by atoms with E-state index in [4.69, 9.17) is 26.2 Å². The third-order valence-corrected chi connectivity index (χ3v) is 5.80. The van der Waals surface area contributed by atoms with Crippen molar-refractivity contribution in [3.63, 3.8) is 0 Å². The number of fused-ring (bicyclic) bond motifs is 1. The molecule has 0 saturated carbocycles. The molecule has 12 heteroatoms. The molecule has 1 unspecified atom stereocenters. The van der Waals surface area contributed by atoms with E-state index in [9.17, 15) is 10.1 Å². The van der Waals surface area contributed by atoms with Crippen LogP contribution in [0.25, 0.3) is 0 Å². The second-order valence-corrected chi connectivity index (χ2v) is 8.19. The first-order valence-corrected chi connectivity index (χ1v) is 11.5. The van der Waals surface area contributed by atoms with Gasteiger partial charge in [0.05, 0.1) is 12.8 Å². The Hall–Kier alpha value is -5.49. The minimum absolute atomic E-state index is 0.0348. The molecule has 3 aromatic rings. The lowest BCUT2D eigenvalue weighted by atomic mass is 9.95. The Morgan fingerprint density at radius 3 is 2.66 bits per heavy atom. The van der Waals surface area contributed by atoms with Crippen molar-refractivity contribution in [1.82, 2.24) is 15.6 Å². The van der Waals surface area contributed by atoms with Crippen molar-refractivity contribution in [2.75, 3.05) is 37.0 Å². The number of nitrogens with two attached hydrogens (primary N) is 2. The number of guanidine groups is 1. The second-order valence-electron chi connectivity index (χ2n) is 8.19. The predicted octanol–water partition coefficient (Wildman–Crippen LogP) is 1.81. The van der Waals surface area contributed by atoms with Gasteiger partial charge in [0, 0.05) is 12.1 Å². The summed E-state index contributed by atoms with van der Waals surface area (Å²) < 4.78 is 11.2. The molecule has 0 aliphatic carbocycles. The van der Waals surface area contributed by atoms with Crippen LogP contribution in [0.1, 0.15) is 28.3 Å². The smallest absolute Gasteiger partial charge is 0.257 e. The van der Waals surface area contributed by atoms with Crippen LogP contribution >= 0.6 is 0 Å². The number of amides is 1. The van der Waals surface area contributed by atoms with Crippen LogP contribution in [-0.4, -0.2) is 37.1 Å². The van der Waals surface area contributed by atoms with Gasteiger partial charge in [-0.2, -0.15) is 10.5 Å². The molecular formula is C26H25N9O3. The van der Waals surface area contributed by atoms with Crippen molar-refractivity contribution in [1.29, 1.82) is 10.5 Å². The maximum atomic E-state index is 12.3. The summed E-state index contributed by atoms with van der Waals surface area (Å²) in [5.41, 5.74) is 14.5. The zero-order valence-electron chi connectivity index (χ0n) is 20.5. The SMILES string of the molecule is COc1cc(C2N=C(NC#N)Nc3nc(N)c(C#N)c(N)c32)ccc1OCC(=O)NCCc1ccccc1. The lowest BCUT2D eigenvalue weighted by Gasteiger charge is -2.26. The number of nitriles is 2. The number of nitrogen functional groups attached to an aromatic ring is 2. The number of carbonyl (C=O) groups excluding carboxylic acids is 1. The summed E-state index contributed by atoms with van der Waals surface area (Å²) in [6, 6.07) is 16.1. The van der Waals surface area contributed by atoms with Crippen molar-refractivity contribution in [3.05, 3.63) is 70.8 Å². The molecule has 1 amide bonds. The third kappa shape index (κ3) is 5.50. The fourth-order valence-electron chi connectivity index (χ4n) is 3.98. The summed E-state index contributed by atoms with van der Waals surface area (Å²) >= 11 is 0. The molecule has 192 valence electrons. The molecule has 2 aromatic carbocycles. The standard InChI is InChI=1S/C26H25N9O3/c1-37-19-11-16(7-8-18(19)38-13-20(36)31-10-9-15-5-3-2-4-6-15)23-21-22(29)17(12-27)24(30)34-25(21)35-26(33-23)32-14-28/h2-8,11,23H,9-10,13H2,1H3,(H,31,36)(H6,29,30,32,33,34,35). The van der Waals surface area contributed by atoms with Crippen LogP contribution in [0.4, 0.5) is 17.3 Å². The number of hydrogen-bond acceptors (Lipinski definition) is 11. The van der Waals surface area contributed by atoms with E-state index in [1.807, 2.05) is 36.4 Å². The number of rotatable bonds is 8. The van der Waals surface area contributed by atoms with Crippen molar-refractivity contribution in [2.24, 2.45) is 4.99 Å². The quantitative estimate of drug-likeness (QED) is 0.220. The molecule has 1 aliphatic rings. The summed E-state index contributed by atoms with van der Waals surface area (Å²) in [6.07, 6.45) is 2.52. The zero-order chi connectivity index (χ0) is 27.1. The number of pyridine rings is 1. The van der Waals surface area contributed by atoms with Gasteiger partial charge in [-0.3, -0.25) is 10.1 Å². The number of carbonyl (C=O) groups is 1. The molecule has 1 aliphatic heterocycles. The first-order chi connectivity index (χ1) is 18.4. The second kappa shape index (κ2) is 11.5. The van der Waals surface area contributed by atoms with E-state index in [2.05, 4.69) is 25.9 Å². The maximum absolute atomic E-state index is 12.3. The minimum Gasteiger partial charge on any atom is -0.493 e. The van der Waals surface area contributed by atoms with Crippen molar-refractivity contribution < 1.29 is 14.3 Å². The van der Waals surface area contributed by atoms with E-state index in [0.29, 0.717) is 35.6 Å². The van der Waals surface area contributed by atoms with Crippen molar-refractivity contribution in [3.8, 4) is 23.8 Å². The van der Waals surface area contributed by atoms with Gasteiger partial charge in [-0.15, -0.1) is 0 Å². The lowest BCUT2D eigenvalue weighted by molar-refractivity contribution is -0.123. The van der Waals surface area contributed by atoms with Gasteiger partial charge in [0.15, 0.2) is 24.3 Å². The molecule has 1 atom stereocenters. The van der Waals surface area contributed by atoms with Gasteiger partial charge in [-0.1, -0.05) is 36.4 Å². The van der Waals surface area contributed by atoms with Crippen LogP contribution in [0.5, 0.6) is 11.5 Å². The largest absolute Gasteiger partial charge is 0.493 e. The Balaban J connectivity index is 1.53. The van der Waals surface area contributed by atoms with Crippen LogP contribution in [-0.2, 0) is 11.2 Å². The molecule has 1 aromatic heterocycles. The molecule has 0 fully saturated rings. The predicted molar refractivity (Wildman–Crippen MR) is 141 cm³/mol. The number of aromatic nitrogens is 1. The van der Waals surface area contributed by atoms with Gasteiger partial charge in [0.1, 0.15) is 29.3 Å². The zero-order valence-corrected chi connectivity index (χ0v) is 20.5. The van der Waals surface area contributed by atoms with Gasteiger partial charge in [-0.05, 0) is 29.7 Å². The average Bonchev–Trinajstić information content (AvgIpc) is 2.92. The Bertz CT molecular complexity index is 1460. The number of nitrogens with zero attached hydrogens (tertiary/aromatic N) is 4. The highest BCUT2D eigenvalue weighted by Gasteiger charge is 2.30. The highest BCUT2D eigenvalue weighted by atomic mass is 16.5. The summed E-state index contributed by atoms with van der Waals surface area (Å²) in [7, 11) is 1.47. The average molecular weight is 512 g/mol. The van der Waals surface area contributed by atoms with Crippen LogP contribution in [0.3, 0.4) is 0 Å². The number of anilines is 3. The van der Waals surface area contributed by atoms with Gasteiger partial charge < -0.3 is 31.6 Å². The summed E-state index contributed by atoms with van der Waals surface area (Å²) in [4.78, 5) is 21.1. The number of ether oxygens (including phenoxy) is 2. The van der Waals surface area contributed by atoms with E-state index in [0.717, 1.165) is 5.56 Å². The molecule has 0 bridgehead atoms. The van der Waals surface area contributed by atoms with E-state index < -0.39 is 6.04 Å². The Morgan fingerprint density at radius 2 is 1.95 bits per heavy atom. The normalized spacial score (nSPS) is 13.6. The molecule has 4 rings (SSSR count). The van der Waals surface area contributed by atoms with Crippen LogP contribution in [0.2, 0.25) is 0 Å². The van der Waals surface area contributed by atoms with Crippen LogP contribution in [0, 0.1) is 22.8 Å². The summed E-state index contributed by atoms with van der Waals surface area (Å²) in [6.45, 7) is 0.288. The number of benzene rings is 2. The number of hydrogen-bond donors (Lipinski definition) is 5. The molecule has 0 radical (unpaired) electrons. The van der Waals surface area contributed by atoms with Gasteiger partial charge in [-0.25, -0.2) is 9.98 Å². The first-order valence-electron chi connectivity index (χ1n) is 11.5. The van der Waals surface area contributed by atoms with Crippen LogP contribution < -0.4 is 36.9 Å². The molecule has 2 heterocycles. The molecule has 0 saturated heterocycles. The molecule has 38 heavy (non-hydrogen) atoms. The van der Waals surface area contributed by atoms with Gasteiger partial charge >= 0.3 is 0 Å². The number of methoxy groups -OCH3 is 1. The third-order valence-electron chi connectivity index (χ3n) is 5.80. The monoisotopic (exact) mass is 511 g/mol. The first kappa shape index (κ1) is 25.6. The minimum atomic E-state index is -0.744. The Labute approximate surface area is 218 Å². The number of aliphatic imine (C=N–C) groups is 1.